The molecule has 2 aromatic carbocycles. The molecule has 1 N–H and O–H groups in total. The number of anilines is 1. The molecule has 1 heterocycles. The van der Waals surface area contributed by atoms with Crippen molar-refractivity contribution in [1.82, 2.24) is 5.16 Å². The Morgan fingerprint density at radius 1 is 1.15 bits per heavy atom. The van der Waals surface area contributed by atoms with Gasteiger partial charge in [0.2, 0.25) is 0 Å². The number of hydrogen-bond donors (Lipinski definition) is 1. The van der Waals surface area contributed by atoms with Gasteiger partial charge in [-0.1, -0.05) is 50.2 Å². The maximum Gasteiger partial charge on any atom is 1.00 e. The smallest absolute Gasteiger partial charge is 0.470 e. The molecule has 0 aliphatic rings. The molecule has 0 saturated carbocycles. The summed E-state index contributed by atoms with van der Waals surface area (Å²) in [6.45, 7) is 6.21. The summed E-state index contributed by atoms with van der Waals surface area (Å²) in [6.07, 6.45) is 2.62. The topological polar surface area (TPSA) is 55.1 Å². The number of rotatable bonds is 2. The van der Waals surface area contributed by atoms with E-state index < -0.39 is 0 Å². The molecule has 4 nitrogen and oxygen atoms in total. The zero-order chi connectivity index (χ0) is 18.3. The molecule has 26 heavy (non-hydrogen) atoms. The van der Waals surface area contributed by atoms with E-state index in [1.54, 1.807) is 54.6 Å². The molecule has 130 valence electrons. The molecule has 0 spiro atoms. The molecule has 0 aliphatic carbocycles. The summed E-state index contributed by atoms with van der Waals surface area (Å²) < 4.78 is 4.89. The SMILES string of the molecule is CC(C)(C)c1c[c-]no1.O=C(Nc1cc[c-]cc1)c1ccccc1Cl.[K+]. The van der Waals surface area contributed by atoms with Gasteiger partial charge in [-0.05, 0) is 23.3 Å². The maximum atomic E-state index is 11.8. The third kappa shape index (κ3) is 7.35. The van der Waals surface area contributed by atoms with Gasteiger partial charge in [-0.15, -0.1) is 18.3 Å². The van der Waals surface area contributed by atoms with E-state index in [4.69, 9.17) is 16.1 Å². The van der Waals surface area contributed by atoms with Gasteiger partial charge in [0, 0.05) is 0 Å². The normalized spacial score (nSPS) is 10.2. The standard InChI is InChI=1S/C13H9ClNO.C7H10NO.K/c14-12-9-5-4-8-11(12)13(16)15-10-6-2-1-3-7-10;1-7(2,3)6-4-5-8-9-6;/h2-9H,(H,15,16);4H,1-3H3;/q2*-1;+1. The molecule has 6 heteroatoms. The quantitative estimate of drug-likeness (QED) is 0.536. The van der Waals surface area contributed by atoms with E-state index in [0.29, 0.717) is 10.6 Å². The van der Waals surface area contributed by atoms with Crippen LogP contribution in [0.15, 0.2) is 59.1 Å². The van der Waals surface area contributed by atoms with Gasteiger partial charge in [-0.2, -0.15) is 24.3 Å². The summed E-state index contributed by atoms with van der Waals surface area (Å²) in [7, 11) is 0. The number of amides is 1. The first-order chi connectivity index (χ1) is 11.9. The van der Waals surface area contributed by atoms with Crippen molar-refractivity contribution in [2.24, 2.45) is 0 Å². The van der Waals surface area contributed by atoms with E-state index in [9.17, 15) is 4.79 Å². The third-order valence-electron chi connectivity index (χ3n) is 3.23. The van der Waals surface area contributed by atoms with E-state index in [1.165, 1.54) is 0 Å². The van der Waals surface area contributed by atoms with Gasteiger partial charge in [0.15, 0.2) is 0 Å². The van der Waals surface area contributed by atoms with E-state index >= 15 is 0 Å². The largest absolute Gasteiger partial charge is 1.00 e. The van der Waals surface area contributed by atoms with Crippen molar-refractivity contribution in [3.05, 3.63) is 83.2 Å². The van der Waals surface area contributed by atoms with Gasteiger partial charge < -0.3 is 9.84 Å². The fourth-order valence-electron chi connectivity index (χ4n) is 1.85. The van der Waals surface area contributed by atoms with Gasteiger partial charge in [-0.3, -0.25) is 4.79 Å². The molecule has 3 rings (SSSR count). The van der Waals surface area contributed by atoms with Crippen molar-refractivity contribution in [3.8, 4) is 0 Å². The van der Waals surface area contributed by atoms with Crippen LogP contribution in [0.25, 0.3) is 0 Å². The molecular formula is C20H19ClKN2O2-. The van der Waals surface area contributed by atoms with Crippen LogP contribution in [0.3, 0.4) is 0 Å². The van der Waals surface area contributed by atoms with Crippen LogP contribution in [-0.4, -0.2) is 11.1 Å². The maximum absolute atomic E-state index is 11.8. The molecule has 1 amide bonds. The van der Waals surface area contributed by atoms with Crippen molar-refractivity contribution >= 4 is 23.2 Å². The van der Waals surface area contributed by atoms with E-state index in [0.717, 1.165) is 11.4 Å². The van der Waals surface area contributed by atoms with Gasteiger partial charge in [-0.25, -0.2) is 5.16 Å². The summed E-state index contributed by atoms with van der Waals surface area (Å²) in [4.78, 5) is 11.8. The van der Waals surface area contributed by atoms with Crippen LogP contribution in [-0.2, 0) is 5.41 Å². The van der Waals surface area contributed by atoms with Gasteiger partial charge >= 0.3 is 51.4 Å². The second kappa shape index (κ2) is 11.0. The van der Waals surface area contributed by atoms with Crippen LogP contribution in [0.5, 0.6) is 0 Å². The Hall–Kier alpha value is -0.954. The number of carbonyl (C=O) groups excluding carboxylic acids is 1. The third-order valence-corrected chi connectivity index (χ3v) is 3.56. The molecular weight excluding hydrogens is 375 g/mol. The molecule has 0 atom stereocenters. The van der Waals surface area contributed by atoms with Crippen LogP contribution in [0.4, 0.5) is 5.69 Å². The predicted molar refractivity (Wildman–Crippen MR) is 98.7 cm³/mol. The predicted octanol–water partition coefficient (Wildman–Crippen LogP) is 2.17. The fourth-order valence-corrected chi connectivity index (χ4v) is 2.08. The summed E-state index contributed by atoms with van der Waals surface area (Å²) in [5.74, 6) is 0.666. The first-order valence-electron chi connectivity index (χ1n) is 7.73. The molecule has 0 radical (unpaired) electrons. The molecule has 1 aromatic heterocycles. The first-order valence-corrected chi connectivity index (χ1v) is 8.11. The summed E-state index contributed by atoms with van der Waals surface area (Å²) >= 11 is 5.92. The van der Waals surface area contributed by atoms with Crippen molar-refractivity contribution in [1.29, 1.82) is 0 Å². The number of hydrogen-bond acceptors (Lipinski definition) is 3. The Morgan fingerprint density at radius 3 is 2.31 bits per heavy atom. The van der Waals surface area contributed by atoms with Crippen LogP contribution < -0.4 is 56.7 Å². The number of halogens is 1. The minimum atomic E-state index is -0.211. The Bertz CT molecular complexity index is 800. The number of nitrogens with zero attached hydrogens (tertiary/aromatic N) is 1. The number of nitrogens with one attached hydrogen (secondary N) is 1. The van der Waals surface area contributed by atoms with Crippen molar-refractivity contribution in [2.45, 2.75) is 26.2 Å². The van der Waals surface area contributed by atoms with Crippen molar-refractivity contribution in [2.75, 3.05) is 5.32 Å². The second-order valence-electron chi connectivity index (χ2n) is 6.29. The molecule has 0 saturated heterocycles. The minimum absolute atomic E-state index is 0. The number of carbonyl (C=O) groups is 1. The Labute approximate surface area is 201 Å². The van der Waals surface area contributed by atoms with Gasteiger partial charge in [0.05, 0.1) is 10.6 Å². The summed E-state index contributed by atoms with van der Waals surface area (Å²) in [6, 6.07) is 18.6. The average molecular weight is 394 g/mol. The Morgan fingerprint density at radius 2 is 1.81 bits per heavy atom. The van der Waals surface area contributed by atoms with Crippen LogP contribution in [0.2, 0.25) is 5.02 Å². The second-order valence-corrected chi connectivity index (χ2v) is 6.70. The van der Waals surface area contributed by atoms with Crippen molar-refractivity contribution < 1.29 is 60.7 Å². The van der Waals surface area contributed by atoms with Gasteiger partial charge in [0.1, 0.15) is 0 Å². The van der Waals surface area contributed by atoms with E-state index in [-0.39, 0.29) is 62.7 Å². The zero-order valence-corrected chi connectivity index (χ0v) is 19.2. The Balaban J connectivity index is 0.000000290. The molecule has 0 fully saturated rings. The minimum Gasteiger partial charge on any atom is -0.470 e. The summed E-state index contributed by atoms with van der Waals surface area (Å²) in [5, 5.41) is 6.69. The monoisotopic (exact) mass is 393 g/mol. The van der Waals surface area contributed by atoms with Gasteiger partial charge in [0.25, 0.3) is 5.91 Å². The fraction of sp³-hybridized carbons (Fsp3) is 0.200. The van der Waals surface area contributed by atoms with E-state index in [1.807, 2.05) is 0 Å². The number of benzene rings is 2. The van der Waals surface area contributed by atoms with E-state index in [2.05, 4.69) is 43.5 Å². The molecule has 0 bridgehead atoms. The number of aromatic nitrogens is 1. The zero-order valence-electron chi connectivity index (χ0n) is 15.3. The average Bonchev–Trinajstić information content (AvgIpc) is 3.11. The summed E-state index contributed by atoms with van der Waals surface area (Å²) in [5.41, 5.74) is 1.26. The van der Waals surface area contributed by atoms with Crippen molar-refractivity contribution in [3.63, 3.8) is 0 Å². The molecule has 0 aliphatic heterocycles. The van der Waals surface area contributed by atoms with Crippen LogP contribution in [0, 0.1) is 12.3 Å². The molecule has 3 aromatic rings. The molecule has 0 unspecified atom stereocenters. The van der Waals surface area contributed by atoms with Crippen LogP contribution in [0.1, 0.15) is 36.9 Å². The Kier molecular flexibility index (Phi) is 9.78. The first kappa shape index (κ1) is 23.1. The van der Waals surface area contributed by atoms with Crippen LogP contribution >= 0.6 is 11.6 Å².